The van der Waals surface area contributed by atoms with E-state index in [1.807, 2.05) is 43.3 Å². The summed E-state index contributed by atoms with van der Waals surface area (Å²) in [6.07, 6.45) is 0. The number of nitrogens with one attached hydrogen (secondary N) is 1. The van der Waals surface area contributed by atoms with Gasteiger partial charge >= 0.3 is 0 Å². The fourth-order valence-corrected chi connectivity index (χ4v) is 1.91. The molecule has 0 aliphatic carbocycles. The van der Waals surface area contributed by atoms with E-state index in [2.05, 4.69) is 5.43 Å². The lowest BCUT2D eigenvalue weighted by Crippen LogP contribution is -2.30. The summed E-state index contributed by atoms with van der Waals surface area (Å²) in [7, 11) is 0. The molecule has 2 aromatic rings. The lowest BCUT2D eigenvalue weighted by Gasteiger charge is -2.10. The average Bonchev–Trinajstić information content (AvgIpc) is 2.54. The Labute approximate surface area is 123 Å². The summed E-state index contributed by atoms with van der Waals surface area (Å²) in [6, 6.07) is 14.5. The van der Waals surface area contributed by atoms with Crippen LogP contribution in [0.3, 0.4) is 0 Å². The molecule has 0 radical (unpaired) electrons. The van der Waals surface area contributed by atoms with Crippen molar-refractivity contribution < 1.29 is 14.3 Å². The molecular weight excluding hydrogens is 268 g/mol. The summed E-state index contributed by atoms with van der Waals surface area (Å²) in [6.45, 7) is 2.85. The van der Waals surface area contributed by atoms with Gasteiger partial charge in [0.15, 0.2) is 0 Å². The fraction of sp³-hybridized carbons (Fsp3) is 0.188. The van der Waals surface area contributed by atoms with Crippen LogP contribution in [0.1, 0.15) is 22.8 Å². The molecule has 0 unspecified atom stereocenters. The summed E-state index contributed by atoms with van der Waals surface area (Å²) in [5.41, 5.74) is 3.41. The van der Waals surface area contributed by atoms with E-state index in [1.165, 1.54) is 0 Å². The number of hydrogen-bond acceptors (Lipinski definition) is 4. The summed E-state index contributed by atoms with van der Waals surface area (Å²) < 4.78 is 11.1. The van der Waals surface area contributed by atoms with Gasteiger partial charge in [-0.25, -0.2) is 5.84 Å². The Morgan fingerprint density at radius 1 is 1.05 bits per heavy atom. The van der Waals surface area contributed by atoms with E-state index in [1.54, 1.807) is 12.1 Å². The third-order valence-electron chi connectivity index (χ3n) is 2.92. The van der Waals surface area contributed by atoms with E-state index < -0.39 is 0 Å². The van der Waals surface area contributed by atoms with E-state index >= 15 is 0 Å². The normalized spacial score (nSPS) is 10.0. The predicted octanol–water partition coefficient (Wildman–Crippen LogP) is 2.27. The van der Waals surface area contributed by atoms with Gasteiger partial charge in [-0.15, -0.1) is 0 Å². The predicted molar refractivity (Wildman–Crippen MR) is 80.0 cm³/mol. The van der Waals surface area contributed by atoms with Crippen LogP contribution in [0.25, 0.3) is 0 Å². The number of rotatable bonds is 6. The number of amides is 1. The third-order valence-corrected chi connectivity index (χ3v) is 2.92. The molecule has 0 spiro atoms. The van der Waals surface area contributed by atoms with Crippen LogP contribution in [0.5, 0.6) is 11.5 Å². The van der Waals surface area contributed by atoms with Gasteiger partial charge in [-0.2, -0.15) is 0 Å². The topological polar surface area (TPSA) is 73.6 Å². The number of benzene rings is 2. The van der Waals surface area contributed by atoms with Crippen molar-refractivity contribution in [1.29, 1.82) is 0 Å². The Kier molecular flexibility index (Phi) is 5.17. The van der Waals surface area contributed by atoms with Crippen molar-refractivity contribution in [2.24, 2.45) is 5.84 Å². The van der Waals surface area contributed by atoms with Crippen LogP contribution >= 0.6 is 0 Å². The van der Waals surface area contributed by atoms with Gasteiger partial charge in [0.25, 0.3) is 5.91 Å². The van der Waals surface area contributed by atoms with E-state index in [4.69, 9.17) is 15.3 Å². The molecule has 2 aromatic carbocycles. The average molecular weight is 286 g/mol. The van der Waals surface area contributed by atoms with Crippen LogP contribution in [0.4, 0.5) is 0 Å². The van der Waals surface area contributed by atoms with Gasteiger partial charge in [0.1, 0.15) is 18.1 Å². The van der Waals surface area contributed by atoms with Crippen molar-refractivity contribution in [3.63, 3.8) is 0 Å². The minimum atomic E-state index is -0.333. The van der Waals surface area contributed by atoms with Gasteiger partial charge in [-0.05, 0) is 37.3 Å². The second-order valence-corrected chi connectivity index (χ2v) is 4.32. The van der Waals surface area contributed by atoms with Gasteiger partial charge in [0, 0.05) is 11.1 Å². The molecule has 0 saturated heterocycles. The number of carbonyl (C=O) groups is 1. The van der Waals surface area contributed by atoms with Gasteiger partial charge < -0.3 is 9.47 Å². The zero-order valence-corrected chi connectivity index (χ0v) is 11.8. The van der Waals surface area contributed by atoms with Crippen molar-refractivity contribution in [2.45, 2.75) is 13.5 Å². The first kappa shape index (κ1) is 14.9. The Morgan fingerprint density at radius 2 is 1.67 bits per heavy atom. The minimum absolute atomic E-state index is 0.289. The van der Waals surface area contributed by atoms with E-state index in [-0.39, 0.29) is 12.5 Å². The first-order valence-corrected chi connectivity index (χ1v) is 6.69. The largest absolute Gasteiger partial charge is 0.494 e. The standard InChI is InChI=1S/C16H18N2O3/c1-2-20-13-7-9-14(10-8-13)21-11-12-5-3-4-6-15(12)16(19)18-17/h3-10H,2,11,17H2,1H3,(H,18,19). The lowest BCUT2D eigenvalue weighted by molar-refractivity contribution is 0.0951. The van der Waals surface area contributed by atoms with Crippen molar-refractivity contribution in [3.8, 4) is 11.5 Å². The van der Waals surface area contributed by atoms with Gasteiger partial charge in [-0.1, -0.05) is 18.2 Å². The van der Waals surface area contributed by atoms with E-state index in [0.717, 1.165) is 11.3 Å². The maximum atomic E-state index is 11.7. The molecule has 2 rings (SSSR count). The molecule has 0 bridgehead atoms. The van der Waals surface area contributed by atoms with Crippen LogP contribution < -0.4 is 20.7 Å². The summed E-state index contributed by atoms with van der Waals surface area (Å²) in [5.74, 6) is 6.35. The number of nitrogens with two attached hydrogens (primary N) is 1. The molecule has 1 amide bonds. The van der Waals surface area contributed by atoms with Crippen LogP contribution in [0, 0.1) is 0 Å². The minimum Gasteiger partial charge on any atom is -0.494 e. The highest BCUT2D eigenvalue weighted by molar-refractivity contribution is 5.95. The van der Waals surface area contributed by atoms with Gasteiger partial charge in [0.2, 0.25) is 0 Å². The number of nitrogen functional groups attached to an aromatic ring is 1. The molecule has 0 fully saturated rings. The maximum absolute atomic E-state index is 11.7. The summed E-state index contributed by atoms with van der Waals surface area (Å²) in [5, 5.41) is 0. The summed E-state index contributed by atoms with van der Waals surface area (Å²) >= 11 is 0. The van der Waals surface area contributed by atoms with Crippen molar-refractivity contribution in [2.75, 3.05) is 6.61 Å². The monoisotopic (exact) mass is 286 g/mol. The van der Waals surface area contributed by atoms with E-state index in [0.29, 0.717) is 17.9 Å². The van der Waals surface area contributed by atoms with E-state index in [9.17, 15) is 4.79 Å². The molecular formula is C16H18N2O3. The molecule has 0 heterocycles. The van der Waals surface area contributed by atoms with Gasteiger partial charge in [-0.3, -0.25) is 10.2 Å². The second kappa shape index (κ2) is 7.31. The van der Waals surface area contributed by atoms with Crippen LogP contribution in [0.2, 0.25) is 0 Å². The Bertz CT molecular complexity index is 597. The number of carbonyl (C=O) groups excluding carboxylic acids is 1. The zero-order chi connectivity index (χ0) is 15.1. The highest BCUT2D eigenvalue weighted by atomic mass is 16.5. The van der Waals surface area contributed by atoms with Crippen LogP contribution in [0.15, 0.2) is 48.5 Å². The van der Waals surface area contributed by atoms with Gasteiger partial charge in [0.05, 0.1) is 6.61 Å². The zero-order valence-electron chi connectivity index (χ0n) is 11.8. The molecule has 5 heteroatoms. The SMILES string of the molecule is CCOc1ccc(OCc2ccccc2C(=O)NN)cc1. The molecule has 3 N–H and O–H groups in total. The van der Waals surface area contributed by atoms with Crippen LogP contribution in [-0.2, 0) is 6.61 Å². The highest BCUT2D eigenvalue weighted by Crippen LogP contribution is 2.19. The smallest absolute Gasteiger partial charge is 0.265 e. The van der Waals surface area contributed by atoms with Crippen molar-refractivity contribution >= 4 is 5.91 Å². The molecule has 0 atom stereocenters. The van der Waals surface area contributed by atoms with Crippen molar-refractivity contribution in [1.82, 2.24) is 5.43 Å². The van der Waals surface area contributed by atoms with Crippen molar-refractivity contribution in [3.05, 3.63) is 59.7 Å². The third kappa shape index (κ3) is 3.97. The fourth-order valence-electron chi connectivity index (χ4n) is 1.91. The Balaban J connectivity index is 2.04. The molecule has 0 saturated carbocycles. The molecule has 0 aromatic heterocycles. The lowest BCUT2D eigenvalue weighted by atomic mass is 10.1. The quantitative estimate of drug-likeness (QED) is 0.485. The highest BCUT2D eigenvalue weighted by Gasteiger charge is 2.09. The molecule has 5 nitrogen and oxygen atoms in total. The Morgan fingerprint density at radius 3 is 2.29 bits per heavy atom. The Hall–Kier alpha value is -2.53. The second-order valence-electron chi connectivity index (χ2n) is 4.32. The molecule has 0 aliphatic rings. The number of hydrazine groups is 1. The number of ether oxygens (including phenoxy) is 2. The number of hydrogen-bond donors (Lipinski definition) is 2. The molecule has 110 valence electrons. The first-order valence-electron chi connectivity index (χ1n) is 6.69. The summed E-state index contributed by atoms with van der Waals surface area (Å²) in [4.78, 5) is 11.7. The molecule has 21 heavy (non-hydrogen) atoms. The maximum Gasteiger partial charge on any atom is 0.265 e. The molecule has 0 aliphatic heterocycles. The first-order chi connectivity index (χ1) is 10.2. The van der Waals surface area contributed by atoms with Crippen LogP contribution in [-0.4, -0.2) is 12.5 Å².